The number of nitrogens with zero attached hydrogens (tertiary/aromatic N) is 2. The molecule has 0 aromatic carbocycles. The zero-order valence-electron chi connectivity index (χ0n) is 32.9. The van der Waals surface area contributed by atoms with Gasteiger partial charge in [0.25, 0.3) is 10.1 Å². The Morgan fingerprint density at radius 1 is 0.696 bits per heavy atom. The van der Waals surface area contributed by atoms with Crippen LogP contribution in [0.3, 0.4) is 0 Å². The lowest BCUT2D eigenvalue weighted by Crippen LogP contribution is -2.42. The molecule has 8 nitrogen and oxygen atoms in total. The molecule has 14 heteroatoms. The van der Waals surface area contributed by atoms with E-state index in [1.54, 1.807) is 6.04 Å². The summed E-state index contributed by atoms with van der Waals surface area (Å²) in [4.78, 5) is 2.31. The van der Waals surface area contributed by atoms with Crippen molar-refractivity contribution in [3.8, 4) is 0 Å². The van der Waals surface area contributed by atoms with Gasteiger partial charge in [-0.25, -0.2) is 8.42 Å². The molecule has 0 saturated carbocycles. The Morgan fingerprint density at radius 3 is 1.50 bits per heavy atom. The van der Waals surface area contributed by atoms with Crippen molar-refractivity contribution < 1.29 is 30.1 Å². The molecule has 0 aliphatic carbocycles. The Bertz CT molecular complexity index is 1010. The van der Waals surface area contributed by atoms with Gasteiger partial charge in [-0.05, 0) is 59.2 Å². The molecular formula is C32H78N2O6S2Si4. The summed E-state index contributed by atoms with van der Waals surface area (Å²) in [5.41, 5.74) is 0. The van der Waals surface area contributed by atoms with Gasteiger partial charge in [-0.1, -0.05) is 102 Å². The second-order valence-corrected chi connectivity index (χ2v) is 43.8. The molecule has 0 N–H and O–H groups in total. The molecule has 1 heterocycles. The van der Waals surface area contributed by atoms with Crippen LogP contribution >= 0.6 is 0 Å². The molecule has 1 fully saturated rings. The minimum Gasteiger partial charge on any atom is -0.748 e. The largest absolute Gasteiger partial charge is 0.748 e. The van der Waals surface area contributed by atoms with Crippen molar-refractivity contribution in [3.63, 3.8) is 0 Å². The standard InChI is InChI=1S/C16H39NO3SSi2.C12H31NSi2.C4H8O3S/c1-17(2,11-8-9-13-21(18,19)20)12-10-14-23(6,7)16-15-22(3,4)5;1-13(2)9-8-10-15(6,7)12-11-14(3,4)5;5-8(6)4-2-1-3-7-8/h8-16H2,1-7H3;8-12H2,1-7H3;1-4H2. The lowest BCUT2D eigenvalue weighted by molar-refractivity contribution is -0.890. The van der Waals surface area contributed by atoms with Gasteiger partial charge < -0.3 is 13.9 Å². The Morgan fingerprint density at radius 2 is 1.15 bits per heavy atom. The summed E-state index contributed by atoms with van der Waals surface area (Å²) in [6.07, 6.45) is 5.59. The normalized spacial score (nSPS) is 16.3. The third-order valence-corrected chi connectivity index (χ3v) is 21.9. The van der Waals surface area contributed by atoms with Crippen LogP contribution < -0.4 is 0 Å². The number of hydrogen-bond donors (Lipinski definition) is 0. The molecule has 0 aromatic heterocycles. The monoisotopic (exact) mass is 762 g/mol. The van der Waals surface area contributed by atoms with Crippen LogP contribution in [-0.4, -0.2) is 129 Å². The average molecular weight is 763 g/mol. The summed E-state index contributed by atoms with van der Waals surface area (Å²) < 4.78 is 58.1. The first-order chi connectivity index (χ1) is 20.5. The molecule has 1 rings (SSSR count). The van der Waals surface area contributed by atoms with Crippen LogP contribution in [0, 0.1) is 0 Å². The SMILES string of the molecule is CN(C)CCC[Si](C)(C)CC[Si](C)(C)C.C[N+](C)(CCCCS(=O)(=O)[O-])CCC[Si](C)(C)CC[Si](C)(C)C.O=S1(=O)CCCCO1. The van der Waals surface area contributed by atoms with E-state index >= 15 is 0 Å². The van der Waals surface area contributed by atoms with E-state index in [1.165, 1.54) is 49.6 Å². The van der Waals surface area contributed by atoms with Gasteiger partial charge in [0, 0.05) is 38.0 Å². The van der Waals surface area contributed by atoms with Gasteiger partial charge >= 0.3 is 0 Å². The fourth-order valence-corrected chi connectivity index (χ4v) is 20.8. The maximum atomic E-state index is 10.6. The Kier molecular flexibility index (Phi) is 23.0. The predicted molar refractivity (Wildman–Crippen MR) is 213 cm³/mol. The quantitative estimate of drug-likeness (QED) is 0.0433. The van der Waals surface area contributed by atoms with E-state index in [-0.39, 0.29) is 11.5 Å². The fraction of sp³-hybridized carbons (Fsp3) is 1.00. The van der Waals surface area contributed by atoms with E-state index in [2.05, 4.69) is 103 Å². The van der Waals surface area contributed by atoms with E-state index in [0.717, 1.165) is 36.8 Å². The van der Waals surface area contributed by atoms with Gasteiger partial charge in [0.2, 0.25) is 0 Å². The van der Waals surface area contributed by atoms with Crippen LogP contribution in [0.15, 0.2) is 0 Å². The number of quaternary nitrogens is 1. The third-order valence-electron chi connectivity index (χ3n) is 8.64. The minimum atomic E-state index is -4.04. The summed E-state index contributed by atoms with van der Waals surface area (Å²) >= 11 is 0. The van der Waals surface area contributed by atoms with Crippen molar-refractivity contribution in [2.45, 2.75) is 140 Å². The second kappa shape index (κ2) is 21.7. The highest BCUT2D eigenvalue weighted by atomic mass is 32.2. The lowest BCUT2D eigenvalue weighted by atomic mass is 10.3. The molecule has 0 atom stereocenters. The van der Waals surface area contributed by atoms with Crippen molar-refractivity contribution in [2.24, 2.45) is 0 Å². The third kappa shape index (κ3) is 35.9. The maximum absolute atomic E-state index is 10.6. The van der Waals surface area contributed by atoms with Crippen LogP contribution in [0.4, 0.5) is 0 Å². The van der Waals surface area contributed by atoms with E-state index in [4.69, 9.17) is 0 Å². The minimum absolute atomic E-state index is 0.201. The highest BCUT2D eigenvalue weighted by Crippen LogP contribution is 2.26. The molecular weight excluding hydrogens is 685 g/mol. The first-order valence-electron chi connectivity index (χ1n) is 17.7. The number of rotatable bonds is 19. The Labute approximate surface area is 292 Å². The summed E-state index contributed by atoms with van der Waals surface area (Å²) in [6.45, 7) is 28.8. The van der Waals surface area contributed by atoms with Gasteiger partial charge in [-0.3, -0.25) is 4.18 Å². The molecule has 0 bridgehead atoms. The predicted octanol–water partition coefficient (Wildman–Crippen LogP) is 7.94. The molecule has 46 heavy (non-hydrogen) atoms. The number of unbranched alkanes of at least 4 members (excludes halogenated alkanes) is 1. The first kappa shape index (κ1) is 48.7. The van der Waals surface area contributed by atoms with E-state index in [0.29, 0.717) is 13.0 Å². The van der Waals surface area contributed by atoms with Gasteiger partial charge in [-0.2, -0.15) is 8.42 Å². The van der Waals surface area contributed by atoms with Crippen LogP contribution in [-0.2, 0) is 24.4 Å². The fourth-order valence-electron chi connectivity index (χ4n) is 5.09. The van der Waals surface area contributed by atoms with Crippen LogP contribution in [0.2, 0.25) is 102 Å². The zero-order chi connectivity index (χ0) is 36.5. The summed E-state index contributed by atoms with van der Waals surface area (Å²) in [6, 6.07) is 8.89. The highest BCUT2D eigenvalue weighted by molar-refractivity contribution is 7.86. The molecule has 0 unspecified atom stereocenters. The molecule has 0 spiro atoms. The van der Waals surface area contributed by atoms with Gasteiger partial charge in [0.15, 0.2) is 0 Å². The second-order valence-electron chi connectivity index (χ2n) is 18.6. The molecule has 280 valence electrons. The summed E-state index contributed by atoms with van der Waals surface area (Å²) in [5, 5.41) is 0. The van der Waals surface area contributed by atoms with Crippen molar-refractivity contribution in [2.75, 3.05) is 65.9 Å². The van der Waals surface area contributed by atoms with E-state index in [1.807, 2.05) is 0 Å². The number of hydrogen-bond acceptors (Lipinski definition) is 7. The molecule has 1 aliphatic rings. The highest BCUT2D eigenvalue weighted by Gasteiger charge is 2.26. The Hall–Kier alpha value is 0.608. The average Bonchev–Trinajstić information content (AvgIpc) is 2.83. The van der Waals surface area contributed by atoms with Gasteiger partial charge in [0.05, 0.1) is 49.7 Å². The van der Waals surface area contributed by atoms with Crippen molar-refractivity contribution in [1.82, 2.24) is 4.90 Å². The van der Waals surface area contributed by atoms with E-state index in [9.17, 15) is 21.4 Å². The zero-order valence-corrected chi connectivity index (χ0v) is 38.5. The summed E-state index contributed by atoms with van der Waals surface area (Å²) in [5.74, 6) is -0.0172. The van der Waals surface area contributed by atoms with Crippen LogP contribution in [0.1, 0.15) is 38.5 Å². The Balaban J connectivity index is 0. The van der Waals surface area contributed by atoms with Gasteiger partial charge in [-0.15, -0.1) is 0 Å². The van der Waals surface area contributed by atoms with E-state index < -0.39 is 52.5 Å². The smallest absolute Gasteiger partial charge is 0.267 e. The van der Waals surface area contributed by atoms with Crippen LogP contribution in [0.5, 0.6) is 0 Å². The van der Waals surface area contributed by atoms with Crippen molar-refractivity contribution in [1.29, 1.82) is 0 Å². The molecule has 1 saturated heterocycles. The van der Waals surface area contributed by atoms with Gasteiger partial charge in [0.1, 0.15) is 0 Å². The van der Waals surface area contributed by atoms with Crippen molar-refractivity contribution >= 4 is 52.5 Å². The molecule has 0 amide bonds. The molecule has 1 aliphatic heterocycles. The summed E-state index contributed by atoms with van der Waals surface area (Å²) in [7, 11) is -2.02. The molecule has 0 aromatic rings. The van der Waals surface area contributed by atoms with Crippen molar-refractivity contribution in [3.05, 3.63) is 0 Å². The van der Waals surface area contributed by atoms with Crippen LogP contribution in [0.25, 0.3) is 0 Å². The molecule has 0 radical (unpaired) electrons. The lowest BCUT2D eigenvalue weighted by Gasteiger charge is -2.32. The maximum Gasteiger partial charge on any atom is 0.267 e. The first-order valence-corrected chi connectivity index (χ1v) is 35.1. The topological polar surface area (TPSA) is 104 Å².